The molecule has 160 valence electrons. The number of rotatable bonds is 5. The molecule has 0 radical (unpaired) electrons. The Morgan fingerprint density at radius 2 is 1.70 bits per heavy atom. The summed E-state index contributed by atoms with van der Waals surface area (Å²) in [5.41, 5.74) is 2.62. The van der Waals surface area contributed by atoms with Gasteiger partial charge in [0, 0.05) is 69.8 Å². The molecule has 2 saturated heterocycles. The van der Waals surface area contributed by atoms with E-state index < -0.39 is 0 Å². The summed E-state index contributed by atoms with van der Waals surface area (Å²) >= 11 is 2.05. The van der Waals surface area contributed by atoms with Crippen LogP contribution in [0.25, 0.3) is 0 Å². The first-order valence-electron chi connectivity index (χ1n) is 10.9. The van der Waals surface area contributed by atoms with E-state index in [1.165, 1.54) is 22.8 Å². The highest BCUT2D eigenvalue weighted by atomic mass is 32.2. The summed E-state index contributed by atoms with van der Waals surface area (Å²) in [6.45, 7) is 5.02. The van der Waals surface area contributed by atoms with Crippen LogP contribution in [0.15, 0.2) is 59.6 Å². The number of aliphatic imine (C=N–C) groups is 1. The van der Waals surface area contributed by atoms with Crippen molar-refractivity contribution in [3.63, 3.8) is 0 Å². The zero-order chi connectivity index (χ0) is 20.6. The molecule has 0 amide bonds. The average Bonchev–Trinajstić information content (AvgIpc) is 2.82. The molecule has 0 bridgehead atoms. The number of thioether (sulfide) groups is 1. The maximum atomic E-state index is 6.12. The van der Waals surface area contributed by atoms with E-state index in [0.29, 0.717) is 0 Å². The van der Waals surface area contributed by atoms with Gasteiger partial charge in [0.1, 0.15) is 11.9 Å². The fourth-order valence-corrected chi connectivity index (χ4v) is 4.94. The third-order valence-electron chi connectivity index (χ3n) is 5.76. The van der Waals surface area contributed by atoms with Crippen LogP contribution in [0.5, 0.6) is 5.75 Å². The van der Waals surface area contributed by atoms with Crippen LogP contribution in [0, 0.1) is 0 Å². The summed E-state index contributed by atoms with van der Waals surface area (Å²) in [7, 11) is 1.87. The Hall–Kier alpha value is -2.34. The topological polar surface area (TPSA) is 40.1 Å². The Morgan fingerprint density at radius 1 is 1.00 bits per heavy atom. The van der Waals surface area contributed by atoms with Crippen molar-refractivity contribution in [3.05, 3.63) is 60.2 Å². The fraction of sp³-hybridized carbons (Fsp3) is 0.458. The molecule has 6 heteroatoms. The Labute approximate surface area is 184 Å². The van der Waals surface area contributed by atoms with Crippen molar-refractivity contribution in [2.75, 3.05) is 49.6 Å². The van der Waals surface area contributed by atoms with Crippen LogP contribution in [-0.4, -0.2) is 61.7 Å². The van der Waals surface area contributed by atoms with E-state index in [1.807, 2.05) is 49.1 Å². The summed E-state index contributed by atoms with van der Waals surface area (Å²) < 4.78 is 6.12. The van der Waals surface area contributed by atoms with E-state index in [9.17, 15) is 0 Å². The number of guanidine groups is 1. The third-order valence-corrected chi connectivity index (χ3v) is 6.70. The van der Waals surface area contributed by atoms with Crippen LogP contribution >= 0.6 is 11.8 Å². The molecule has 2 aliphatic heterocycles. The van der Waals surface area contributed by atoms with Gasteiger partial charge in [0.2, 0.25) is 0 Å². The van der Waals surface area contributed by atoms with Gasteiger partial charge < -0.3 is 19.9 Å². The van der Waals surface area contributed by atoms with Gasteiger partial charge in [-0.15, -0.1) is 0 Å². The highest BCUT2D eigenvalue weighted by Gasteiger charge is 2.22. The molecule has 0 aromatic heterocycles. The molecule has 2 fully saturated rings. The maximum Gasteiger partial charge on any atom is 0.193 e. The molecule has 0 saturated carbocycles. The van der Waals surface area contributed by atoms with Crippen molar-refractivity contribution in [3.8, 4) is 5.75 Å². The predicted octanol–water partition coefficient (Wildman–Crippen LogP) is 3.86. The fourth-order valence-electron chi connectivity index (χ4n) is 4.04. The zero-order valence-corrected chi connectivity index (χ0v) is 18.6. The second kappa shape index (κ2) is 10.6. The van der Waals surface area contributed by atoms with Crippen molar-refractivity contribution < 1.29 is 4.74 Å². The van der Waals surface area contributed by atoms with Crippen LogP contribution in [0.3, 0.4) is 0 Å². The molecule has 0 spiro atoms. The molecule has 1 N–H and O–H groups in total. The molecule has 0 aliphatic carbocycles. The molecule has 4 rings (SSSR count). The highest BCUT2D eigenvalue weighted by Crippen LogP contribution is 2.21. The Balaban J connectivity index is 1.24. The van der Waals surface area contributed by atoms with Crippen molar-refractivity contribution >= 4 is 23.4 Å². The standard InChI is InChI=1S/C24H32N4OS/c1-25-24(28-13-11-23(12-14-28)29-22-5-3-2-4-6-22)26-19-20-7-9-21(10-8-20)27-15-17-30-18-16-27/h2-10,23H,11-19H2,1H3,(H,25,26). The van der Waals surface area contributed by atoms with Gasteiger partial charge in [0.25, 0.3) is 0 Å². The van der Waals surface area contributed by atoms with Crippen molar-refractivity contribution in [1.82, 2.24) is 10.2 Å². The molecule has 2 aromatic rings. The molecule has 2 aromatic carbocycles. The largest absolute Gasteiger partial charge is 0.490 e. The number of nitrogens with zero attached hydrogens (tertiary/aromatic N) is 3. The Bertz CT molecular complexity index is 798. The number of hydrogen-bond donors (Lipinski definition) is 1. The molecular formula is C24H32N4OS. The summed E-state index contributed by atoms with van der Waals surface area (Å²) in [5.74, 6) is 4.40. The minimum atomic E-state index is 0.280. The van der Waals surface area contributed by atoms with Gasteiger partial charge in [-0.25, -0.2) is 0 Å². The molecule has 2 aliphatic rings. The number of para-hydroxylation sites is 1. The SMILES string of the molecule is CN=C(NCc1ccc(N2CCSCC2)cc1)N1CCC(Oc2ccccc2)CC1. The molecule has 0 atom stereocenters. The number of ether oxygens (including phenoxy) is 1. The van der Waals surface area contributed by atoms with E-state index in [-0.39, 0.29) is 6.10 Å². The lowest BCUT2D eigenvalue weighted by molar-refractivity contribution is 0.129. The van der Waals surface area contributed by atoms with E-state index in [0.717, 1.165) is 57.3 Å². The van der Waals surface area contributed by atoms with E-state index in [1.54, 1.807) is 0 Å². The summed E-state index contributed by atoms with van der Waals surface area (Å²) in [6, 6.07) is 19.1. The second-order valence-corrected chi connectivity index (χ2v) is 9.01. The van der Waals surface area contributed by atoms with Crippen LogP contribution in [-0.2, 0) is 6.54 Å². The van der Waals surface area contributed by atoms with Crippen LogP contribution in [0.4, 0.5) is 5.69 Å². The summed E-state index contributed by atoms with van der Waals surface area (Å²) in [4.78, 5) is 9.33. The Kier molecular flexibility index (Phi) is 7.40. The third kappa shape index (κ3) is 5.63. The Morgan fingerprint density at radius 3 is 2.37 bits per heavy atom. The van der Waals surface area contributed by atoms with Crippen molar-refractivity contribution in [2.45, 2.75) is 25.5 Å². The van der Waals surface area contributed by atoms with Crippen LogP contribution in [0.1, 0.15) is 18.4 Å². The number of benzene rings is 2. The highest BCUT2D eigenvalue weighted by molar-refractivity contribution is 7.99. The van der Waals surface area contributed by atoms with E-state index in [2.05, 4.69) is 44.4 Å². The number of nitrogens with one attached hydrogen (secondary N) is 1. The molecule has 30 heavy (non-hydrogen) atoms. The van der Waals surface area contributed by atoms with Gasteiger partial charge in [-0.2, -0.15) is 11.8 Å². The minimum absolute atomic E-state index is 0.280. The maximum absolute atomic E-state index is 6.12. The molecular weight excluding hydrogens is 392 g/mol. The van der Waals surface area contributed by atoms with Gasteiger partial charge in [-0.1, -0.05) is 30.3 Å². The molecule has 0 unspecified atom stereocenters. The quantitative estimate of drug-likeness (QED) is 0.583. The number of likely N-dealkylation sites (tertiary alicyclic amines) is 1. The van der Waals surface area contributed by atoms with Crippen LogP contribution in [0.2, 0.25) is 0 Å². The lowest BCUT2D eigenvalue weighted by Crippen LogP contribution is -2.47. The number of piperidine rings is 1. The van der Waals surface area contributed by atoms with Gasteiger partial charge in [0.15, 0.2) is 5.96 Å². The first-order valence-corrected chi connectivity index (χ1v) is 12.1. The van der Waals surface area contributed by atoms with Gasteiger partial charge in [-0.05, 0) is 29.8 Å². The zero-order valence-electron chi connectivity index (χ0n) is 17.8. The summed E-state index contributed by atoms with van der Waals surface area (Å²) in [6.07, 6.45) is 2.30. The van der Waals surface area contributed by atoms with Gasteiger partial charge in [0.05, 0.1) is 0 Å². The lowest BCUT2D eigenvalue weighted by atomic mass is 10.1. The number of anilines is 1. The van der Waals surface area contributed by atoms with Gasteiger partial charge in [-0.3, -0.25) is 4.99 Å². The average molecular weight is 425 g/mol. The molecule has 2 heterocycles. The summed E-state index contributed by atoms with van der Waals surface area (Å²) in [5, 5.41) is 3.54. The molecule has 5 nitrogen and oxygen atoms in total. The number of hydrogen-bond acceptors (Lipinski definition) is 4. The van der Waals surface area contributed by atoms with Gasteiger partial charge >= 0.3 is 0 Å². The first-order chi connectivity index (χ1) is 14.8. The first kappa shape index (κ1) is 20.9. The van der Waals surface area contributed by atoms with E-state index >= 15 is 0 Å². The van der Waals surface area contributed by atoms with Crippen molar-refractivity contribution in [2.24, 2.45) is 4.99 Å². The predicted molar refractivity (Wildman–Crippen MR) is 128 cm³/mol. The van der Waals surface area contributed by atoms with Crippen LogP contribution < -0.4 is 15.0 Å². The van der Waals surface area contributed by atoms with E-state index in [4.69, 9.17) is 4.74 Å². The monoisotopic (exact) mass is 424 g/mol. The normalized spacial score (nSPS) is 18.4. The lowest BCUT2D eigenvalue weighted by Gasteiger charge is -2.34. The minimum Gasteiger partial charge on any atom is -0.490 e. The smallest absolute Gasteiger partial charge is 0.193 e. The second-order valence-electron chi connectivity index (χ2n) is 7.78. The van der Waals surface area contributed by atoms with Crippen molar-refractivity contribution in [1.29, 1.82) is 0 Å².